The van der Waals surface area contributed by atoms with Crippen LogP contribution in [0.25, 0.3) is 0 Å². The van der Waals surface area contributed by atoms with Crippen LogP contribution in [0.1, 0.15) is 16.1 Å². The van der Waals surface area contributed by atoms with Gasteiger partial charge in [0, 0.05) is 5.02 Å². The summed E-state index contributed by atoms with van der Waals surface area (Å²) in [5.41, 5.74) is 5.74. The lowest BCUT2D eigenvalue weighted by Crippen LogP contribution is -2.28. The number of nitrogens with two attached hydrogens (primary N) is 1. The number of hydrogen-bond acceptors (Lipinski definition) is 5. The summed E-state index contributed by atoms with van der Waals surface area (Å²) in [5.74, 6) is -0.669. The SMILES string of the molecule is Nc1c(Cl)cc(Cl)cc1C(=O)OCC(=O)NCc1ccco1. The number of nitrogens with one attached hydrogen (secondary N) is 1. The van der Waals surface area contributed by atoms with Crippen LogP contribution in [0.15, 0.2) is 34.9 Å². The molecule has 116 valence electrons. The van der Waals surface area contributed by atoms with Crippen molar-refractivity contribution in [3.8, 4) is 0 Å². The first-order valence-corrected chi connectivity index (χ1v) is 6.93. The molecule has 0 aliphatic rings. The van der Waals surface area contributed by atoms with E-state index in [2.05, 4.69) is 5.32 Å². The van der Waals surface area contributed by atoms with Crippen LogP contribution < -0.4 is 11.1 Å². The highest BCUT2D eigenvalue weighted by molar-refractivity contribution is 6.37. The van der Waals surface area contributed by atoms with E-state index in [0.29, 0.717) is 5.76 Å². The number of nitrogen functional groups attached to an aromatic ring is 1. The minimum absolute atomic E-state index is 0.0105. The molecule has 0 bridgehead atoms. The number of benzene rings is 1. The predicted molar refractivity (Wildman–Crippen MR) is 81.7 cm³/mol. The molecule has 1 aromatic carbocycles. The smallest absolute Gasteiger partial charge is 0.340 e. The van der Waals surface area contributed by atoms with Gasteiger partial charge >= 0.3 is 5.97 Å². The Morgan fingerprint density at radius 1 is 1.32 bits per heavy atom. The highest BCUT2D eigenvalue weighted by atomic mass is 35.5. The molecular formula is C14H12Cl2N2O4. The zero-order chi connectivity index (χ0) is 16.1. The van der Waals surface area contributed by atoms with E-state index in [1.54, 1.807) is 12.1 Å². The molecule has 0 saturated heterocycles. The monoisotopic (exact) mass is 342 g/mol. The second kappa shape index (κ2) is 7.20. The van der Waals surface area contributed by atoms with Crippen molar-refractivity contribution in [3.05, 3.63) is 51.9 Å². The molecule has 3 N–H and O–H groups in total. The maximum atomic E-state index is 11.9. The van der Waals surface area contributed by atoms with Gasteiger partial charge in [-0.25, -0.2) is 4.79 Å². The van der Waals surface area contributed by atoms with Gasteiger partial charge in [0.05, 0.1) is 29.1 Å². The van der Waals surface area contributed by atoms with Crippen molar-refractivity contribution in [2.24, 2.45) is 0 Å². The number of hydrogen-bond donors (Lipinski definition) is 2. The van der Waals surface area contributed by atoms with E-state index in [1.165, 1.54) is 18.4 Å². The third-order valence-electron chi connectivity index (χ3n) is 2.69. The van der Waals surface area contributed by atoms with Crippen molar-refractivity contribution in [2.45, 2.75) is 6.54 Å². The predicted octanol–water partition coefficient (Wildman–Crippen LogP) is 2.64. The van der Waals surface area contributed by atoms with Crippen LogP contribution in [-0.4, -0.2) is 18.5 Å². The van der Waals surface area contributed by atoms with Crippen molar-refractivity contribution >= 4 is 40.8 Å². The maximum Gasteiger partial charge on any atom is 0.340 e. The first kappa shape index (κ1) is 16.2. The van der Waals surface area contributed by atoms with Gasteiger partial charge in [-0.05, 0) is 24.3 Å². The standard InChI is InChI=1S/C14H12Cl2N2O4/c15-8-4-10(13(17)11(16)5-8)14(20)22-7-12(19)18-6-9-2-1-3-21-9/h1-5H,6-7,17H2,(H,18,19). The zero-order valence-electron chi connectivity index (χ0n) is 11.3. The molecule has 2 rings (SSSR count). The van der Waals surface area contributed by atoms with Gasteiger partial charge in [0.1, 0.15) is 5.76 Å². The number of furan rings is 1. The second-order valence-electron chi connectivity index (χ2n) is 4.28. The Bertz CT molecular complexity index is 686. The maximum absolute atomic E-state index is 11.9. The Morgan fingerprint density at radius 3 is 2.77 bits per heavy atom. The Labute approximate surface area is 136 Å². The van der Waals surface area contributed by atoms with E-state index >= 15 is 0 Å². The molecular weight excluding hydrogens is 331 g/mol. The molecule has 0 saturated carbocycles. The molecule has 0 aliphatic carbocycles. The molecule has 2 aromatic rings. The van der Waals surface area contributed by atoms with E-state index in [-0.39, 0.29) is 27.8 Å². The van der Waals surface area contributed by atoms with Crippen molar-refractivity contribution in [3.63, 3.8) is 0 Å². The third-order valence-corrected chi connectivity index (χ3v) is 3.22. The highest BCUT2D eigenvalue weighted by Crippen LogP contribution is 2.27. The number of ether oxygens (including phenoxy) is 1. The topological polar surface area (TPSA) is 94.6 Å². The molecule has 6 nitrogen and oxygen atoms in total. The molecule has 1 amide bonds. The Kier molecular flexibility index (Phi) is 5.30. The first-order chi connectivity index (χ1) is 10.5. The molecule has 0 spiro atoms. The molecule has 0 fully saturated rings. The van der Waals surface area contributed by atoms with Gasteiger partial charge in [-0.2, -0.15) is 0 Å². The molecule has 0 aliphatic heterocycles. The van der Waals surface area contributed by atoms with Crippen LogP contribution in [0.3, 0.4) is 0 Å². The number of esters is 1. The van der Waals surface area contributed by atoms with Crippen LogP contribution in [0.5, 0.6) is 0 Å². The average molecular weight is 343 g/mol. The number of anilines is 1. The Balaban J connectivity index is 1.88. The van der Waals surface area contributed by atoms with Gasteiger partial charge in [-0.1, -0.05) is 23.2 Å². The summed E-state index contributed by atoms with van der Waals surface area (Å²) >= 11 is 11.6. The first-order valence-electron chi connectivity index (χ1n) is 6.18. The number of halogens is 2. The van der Waals surface area contributed by atoms with Crippen LogP contribution in [0.2, 0.25) is 10.0 Å². The molecule has 0 atom stereocenters. The van der Waals surface area contributed by atoms with Crippen LogP contribution in [0, 0.1) is 0 Å². The van der Waals surface area contributed by atoms with Crippen molar-refractivity contribution in [2.75, 3.05) is 12.3 Å². The summed E-state index contributed by atoms with van der Waals surface area (Å²) in [6.45, 7) is -0.252. The summed E-state index contributed by atoms with van der Waals surface area (Å²) in [4.78, 5) is 23.5. The van der Waals surface area contributed by atoms with Crippen LogP contribution >= 0.6 is 23.2 Å². The van der Waals surface area contributed by atoms with Gasteiger partial charge in [0.2, 0.25) is 0 Å². The molecule has 0 radical (unpaired) electrons. The lowest BCUT2D eigenvalue weighted by Gasteiger charge is -2.09. The largest absolute Gasteiger partial charge is 0.467 e. The van der Waals surface area contributed by atoms with Gasteiger partial charge in [-0.15, -0.1) is 0 Å². The number of carbonyl (C=O) groups is 2. The summed E-state index contributed by atoms with van der Waals surface area (Å²) in [7, 11) is 0. The Hall–Kier alpha value is -2.18. The van der Waals surface area contributed by atoms with Gasteiger partial charge in [0.25, 0.3) is 5.91 Å². The summed E-state index contributed by atoms with van der Waals surface area (Å²) in [6, 6.07) is 6.14. The third kappa shape index (κ3) is 4.16. The van der Waals surface area contributed by atoms with Crippen molar-refractivity contribution in [1.29, 1.82) is 0 Å². The van der Waals surface area contributed by atoms with Crippen LogP contribution in [-0.2, 0) is 16.1 Å². The van der Waals surface area contributed by atoms with Crippen molar-refractivity contribution < 1.29 is 18.7 Å². The molecule has 1 heterocycles. The average Bonchev–Trinajstić information content (AvgIpc) is 2.99. The van der Waals surface area contributed by atoms with E-state index in [9.17, 15) is 9.59 Å². The minimum atomic E-state index is -0.782. The second-order valence-corrected chi connectivity index (χ2v) is 5.12. The normalized spacial score (nSPS) is 10.3. The fourth-order valence-corrected chi connectivity index (χ4v) is 2.11. The Morgan fingerprint density at radius 2 is 2.09 bits per heavy atom. The number of carbonyl (C=O) groups excluding carboxylic acids is 2. The fraction of sp³-hybridized carbons (Fsp3) is 0.143. The van der Waals surface area contributed by atoms with E-state index in [0.717, 1.165) is 0 Å². The molecule has 22 heavy (non-hydrogen) atoms. The number of rotatable bonds is 5. The quantitative estimate of drug-likeness (QED) is 0.643. The van der Waals surface area contributed by atoms with E-state index < -0.39 is 18.5 Å². The number of amides is 1. The molecule has 8 heteroatoms. The lowest BCUT2D eigenvalue weighted by atomic mass is 10.2. The minimum Gasteiger partial charge on any atom is -0.467 e. The summed E-state index contributed by atoms with van der Waals surface area (Å²) in [6.07, 6.45) is 1.49. The van der Waals surface area contributed by atoms with Gasteiger partial charge in [0.15, 0.2) is 6.61 Å². The van der Waals surface area contributed by atoms with Gasteiger partial charge < -0.3 is 20.2 Å². The highest BCUT2D eigenvalue weighted by Gasteiger charge is 2.16. The zero-order valence-corrected chi connectivity index (χ0v) is 12.8. The molecule has 1 aromatic heterocycles. The van der Waals surface area contributed by atoms with Crippen LogP contribution in [0.4, 0.5) is 5.69 Å². The summed E-state index contributed by atoms with van der Waals surface area (Å²) in [5, 5.41) is 2.92. The van der Waals surface area contributed by atoms with E-state index in [1.807, 2.05) is 0 Å². The lowest BCUT2D eigenvalue weighted by molar-refractivity contribution is -0.124. The molecule has 0 unspecified atom stereocenters. The summed E-state index contributed by atoms with van der Waals surface area (Å²) < 4.78 is 9.92. The van der Waals surface area contributed by atoms with E-state index in [4.69, 9.17) is 38.1 Å². The van der Waals surface area contributed by atoms with Crippen molar-refractivity contribution in [1.82, 2.24) is 5.32 Å². The van der Waals surface area contributed by atoms with Gasteiger partial charge in [-0.3, -0.25) is 4.79 Å². The fourth-order valence-electron chi connectivity index (χ4n) is 1.61.